The average molecular weight is 278 g/mol. The smallest absolute Gasteiger partial charge is 0.239 e. The zero-order chi connectivity index (χ0) is 15.3. The van der Waals surface area contributed by atoms with Crippen LogP contribution in [0, 0.1) is 12.8 Å². The molecule has 0 saturated carbocycles. The molecule has 1 aromatic rings. The molecule has 0 aromatic heterocycles. The Bertz CT molecular complexity index is 460. The lowest BCUT2D eigenvalue weighted by atomic mass is 9.99. The zero-order valence-electron chi connectivity index (χ0n) is 13.1. The SMILES string of the molecule is CCC(C)[C@H](N)C(=O)N(C)Cc1cc(C)ccc1OC. The Morgan fingerprint density at radius 1 is 1.45 bits per heavy atom. The molecule has 2 atom stereocenters. The number of aryl methyl sites for hydroxylation is 1. The van der Waals surface area contributed by atoms with Gasteiger partial charge in [-0.3, -0.25) is 4.79 Å². The number of benzene rings is 1. The molecule has 0 spiro atoms. The van der Waals surface area contributed by atoms with Crippen LogP contribution in [0.3, 0.4) is 0 Å². The van der Waals surface area contributed by atoms with Gasteiger partial charge in [-0.2, -0.15) is 0 Å². The third-order valence-electron chi connectivity index (χ3n) is 3.76. The van der Waals surface area contributed by atoms with Crippen LogP contribution in [0.15, 0.2) is 18.2 Å². The van der Waals surface area contributed by atoms with E-state index in [1.807, 2.05) is 39.0 Å². The summed E-state index contributed by atoms with van der Waals surface area (Å²) < 4.78 is 5.34. The van der Waals surface area contributed by atoms with Crippen LogP contribution in [0.2, 0.25) is 0 Å². The Hall–Kier alpha value is -1.55. The van der Waals surface area contributed by atoms with E-state index in [9.17, 15) is 4.79 Å². The molecule has 0 saturated heterocycles. The van der Waals surface area contributed by atoms with E-state index in [-0.39, 0.29) is 11.8 Å². The first-order valence-corrected chi connectivity index (χ1v) is 7.04. The number of carbonyl (C=O) groups excluding carboxylic acids is 1. The van der Waals surface area contributed by atoms with Crippen molar-refractivity contribution in [2.45, 2.75) is 39.8 Å². The number of carbonyl (C=O) groups is 1. The van der Waals surface area contributed by atoms with Crippen LogP contribution in [0.1, 0.15) is 31.4 Å². The fraction of sp³-hybridized carbons (Fsp3) is 0.562. The highest BCUT2D eigenvalue weighted by Gasteiger charge is 2.23. The molecule has 4 heteroatoms. The summed E-state index contributed by atoms with van der Waals surface area (Å²) in [6.07, 6.45) is 0.897. The Balaban J connectivity index is 2.82. The topological polar surface area (TPSA) is 55.6 Å². The number of rotatable bonds is 6. The van der Waals surface area contributed by atoms with Crippen LogP contribution in [0.4, 0.5) is 0 Å². The summed E-state index contributed by atoms with van der Waals surface area (Å²) in [5, 5.41) is 0. The minimum absolute atomic E-state index is 0.0251. The van der Waals surface area contributed by atoms with Crippen LogP contribution in [-0.4, -0.2) is 31.0 Å². The Kier molecular flexibility index (Phi) is 6.02. The number of methoxy groups -OCH3 is 1. The van der Waals surface area contributed by atoms with Crippen molar-refractivity contribution in [2.24, 2.45) is 11.7 Å². The van der Waals surface area contributed by atoms with Crippen LogP contribution >= 0.6 is 0 Å². The predicted octanol–water partition coefficient (Wildman–Crippen LogP) is 2.34. The van der Waals surface area contributed by atoms with Crippen molar-refractivity contribution in [3.05, 3.63) is 29.3 Å². The number of hydrogen-bond donors (Lipinski definition) is 1. The number of nitrogens with zero attached hydrogens (tertiary/aromatic N) is 1. The van der Waals surface area contributed by atoms with Gasteiger partial charge >= 0.3 is 0 Å². The summed E-state index contributed by atoms with van der Waals surface area (Å²) in [6, 6.07) is 5.52. The van der Waals surface area contributed by atoms with Gasteiger partial charge in [0.25, 0.3) is 0 Å². The van der Waals surface area contributed by atoms with Crippen molar-refractivity contribution in [3.8, 4) is 5.75 Å². The van der Waals surface area contributed by atoms with E-state index in [4.69, 9.17) is 10.5 Å². The first kappa shape index (κ1) is 16.5. The van der Waals surface area contributed by atoms with Crippen LogP contribution in [-0.2, 0) is 11.3 Å². The van der Waals surface area contributed by atoms with Crippen LogP contribution in [0.5, 0.6) is 5.75 Å². The third-order valence-corrected chi connectivity index (χ3v) is 3.76. The summed E-state index contributed by atoms with van der Waals surface area (Å²) in [5.41, 5.74) is 8.15. The summed E-state index contributed by atoms with van der Waals surface area (Å²) in [5.74, 6) is 0.958. The van der Waals surface area contributed by atoms with Crippen molar-refractivity contribution in [3.63, 3.8) is 0 Å². The minimum atomic E-state index is -0.444. The van der Waals surface area contributed by atoms with Gasteiger partial charge in [0.05, 0.1) is 13.2 Å². The predicted molar refractivity (Wildman–Crippen MR) is 81.6 cm³/mol. The van der Waals surface area contributed by atoms with E-state index in [0.29, 0.717) is 6.54 Å². The van der Waals surface area contributed by atoms with Gasteiger partial charge in [0, 0.05) is 19.2 Å². The monoisotopic (exact) mass is 278 g/mol. The number of likely N-dealkylation sites (N-methyl/N-ethyl adjacent to an activating group) is 1. The van der Waals surface area contributed by atoms with Crippen LogP contribution in [0.25, 0.3) is 0 Å². The lowest BCUT2D eigenvalue weighted by Crippen LogP contribution is -2.45. The molecule has 0 aliphatic rings. The molecule has 2 N–H and O–H groups in total. The lowest BCUT2D eigenvalue weighted by Gasteiger charge is -2.25. The number of amides is 1. The van der Waals surface area contributed by atoms with Crippen molar-refractivity contribution >= 4 is 5.91 Å². The minimum Gasteiger partial charge on any atom is -0.496 e. The van der Waals surface area contributed by atoms with E-state index < -0.39 is 6.04 Å². The Morgan fingerprint density at radius 3 is 2.65 bits per heavy atom. The lowest BCUT2D eigenvalue weighted by molar-refractivity contribution is -0.132. The second kappa shape index (κ2) is 7.29. The first-order chi connectivity index (χ1) is 9.40. The van der Waals surface area contributed by atoms with Gasteiger partial charge in [-0.1, -0.05) is 38.0 Å². The van der Waals surface area contributed by atoms with Crippen molar-refractivity contribution in [2.75, 3.05) is 14.2 Å². The molecule has 20 heavy (non-hydrogen) atoms. The molecule has 0 fully saturated rings. The van der Waals surface area contributed by atoms with Gasteiger partial charge in [0.1, 0.15) is 5.75 Å². The fourth-order valence-corrected chi connectivity index (χ4v) is 2.12. The molecule has 1 amide bonds. The molecular weight excluding hydrogens is 252 g/mol. The Labute approximate surface area is 121 Å². The third kappa shape index (κ3) is 3.97. The molecule has 1 unspecified atom stereocenters. The molecule has 0 aliphatic heterocycles. The average Bonchev–Trinajstić information content (AvgIpc) is 2.45. The summed E-state index contributed by atoms with van der Waals surface area (Å²) in [6.45, 7) is 6.58. The number of hydrogen-bond acceptors (Lipinski definition) is 3. The normalized spacial score (nSPS) is 13.7. The quantitative estimate of drug-likeness (QED) is 0.869. The van der Waals surface area contributed by atoms with Gasteiger partial charge < -0.3 is 15.4 Å². The Morgan fingerprint density at radius 2 is 2.10 bits per heavy atom. The summed E-state index contributed by atoms with van der Waals surface area (Å²) in [7, 11) is 3.42. The van der Waals surface area contributed by atoms with E-state index in [1.54, 1.807) is 19.1 Å². The zero-order valence-corrected chi connectivity index (χ0v) is 13.1. The maximum Gasteiger partial charge on any atom is 0.239 e. The van der Waals surface area contributed by atoms with E-state index in [0.717, 1.165) is 23.3 Å². The standard InChI is InChI=1S/C16H26N2O2/c1-6-12(3)15(17)16(19)18(4)10-13-9-11(2)7-8-14(13)20-5/h7-9,12,15H,6,10,17H2,1-5H3/t12?,15-/m0/s1. The second-order valence-corrected chi connectivity index (χ2v) is 5.42. The highest BCUT2D eigenvalue weighted by Crippen LogP contribution is 2.21. The summed E-state index contributed by atoms with van der Waals surface area (Å²) >= 11 is 0. The molecule has 4 nitrogen and oxygen atoms in total. The molecule has 112 valence electrons. The largest absolute Gasteiger partial charge is 0.496 e. The van der Waals surface area contributed by atoms with Gasteiger partial charge in [-0.15, -0.1) is 0 Å². The number of nitrogens with two attached hydrogens (primary N) is 1. The molecular formula is C16H26N2O2. The van der Waals surface area contributed by atoms with Crippen molar-refractivity contribution in [1.29, 1.82) is 0 Å². The molecule has 0 aliphatic carbocycles. The van der Waals surface area contributed by atoms with E-state index >= 15 is 0 Å². The maximum atomic E-state index is 12.3. The van der Waals surface area contributed by atoms with E-state index in [1.165, 1.54) is 0 Å². The summed E-state index contributed by atoms with van der Waals surface area (Å²) in [4.78, 5) is 14.0. The van der Waals surface area contributed by atoms with Crippen molar-refractivity contribution < 1.29 is 9.53 Å². The van der Waals surface area contributed by atoms with Crippen LogP contribution < -0.4 is 10.5 Å². The highest BCUT2D eigenvalue weighted by molar-refractivity contribution is 5.81. The molecule has 0 heterocycles. The fourth-order valence-electron chi connectivity index (χ4n) is 2.12. The van der Waals surface area contributed by atoms with Gasteiger partial charge in [0.2, 0.25) is 5.91 Å². The van der Waals surface area contributed by atoms with Gasteiger partial charge in [0.15, 0.2) is 0 Å². The van der Waals surface area contributed by atoms with E-state index in [2.05, 4.69) is 0 Å². The molecule has 1 rings (SSSR count). The number of ether oxygens (including phenoxy) is 1. The molecule has 0 radical (unpaired) electrons. The maximum absolute atomic E-state index is 12.3. The highest BCUT2D eigenvalue weighted by atomic mass is 16.5. The first-order valence-electron chi connectivity index (χ1n) is 7.04. The van der Waals surface area contributed by atoms with Gasteiger partial charge in [-0.05, 0) is 18.9 Å². The van der Waals surface area contributed by atoms with Crippen molar-refractivity contribution in [1.82, 2.24) is 4.90 Å². The van der Waals surface area contributed by atoms with Gasteiger partial charge in [-0.25, -0.2) is 0 Å². The molecule has 0 bridgehead atoms. The second-order valence-electron chi connectivity index (χ2n) is 5.42. The molecule has 1 aromatic carbocycles.